The van der Waals surface area contributed by atoms with Gasteiger partial charge in [0.1, 0.15) is 11.4 Å². The van der Waals surface area contributed by atoms with Crippen LogP contribution in [0.4, 0.5) is 20.2 Å². The van der Waals surface area contributed by atoms with Crippen LogP contribution in [-0.4, -0.2) is 41.9 Å². The Morgan fingerprint density at radius 3 is 2.44 bits per heavy atom. The molecule has 0 bridgehead atoms. The largest absolute Gasteiger partial charge is 0.435 e. The molecule has 3 aromatic rings. The number of aliphatic imine (C=N–C) groups is 1. The monoisotopic (exact) mass is 485 g/mol. The number of halogens is 2. The summed E-state index contributed by atoms with van der Waals surface area (Å²) in [4.78, 5) is 25.4. The maximum atomic E-state index is 13.3. The van der Waals surface area contributed by atoms with E-state index in [9.17, 15) is 13.6 Å². The zero-order valence-corrected chi connectivity index (χ0v) is 19.4. The molecule has 0 unspecified atom stereocenters. The molecule has 0 N–H and O–H groups in total. The molecule has 4 rings (SSSR count). The Balaban J connectivity index is 1.62. The van der Waals surface area contributed by atoms with Crippen molar-refractivity contribution >= 4 is 40.3 Å². The van der Waals surface area contributed by atoms with Gasteiger partial charge in [0.05, 0.1) is 11.4 Å². The lowest BCUT2D eigenvalue weighted by Gasteiger charge is -2.18. The number of alkyl halides is 2. The molecule has 34 heavy (non-hydrogen) atoms. The number of anilines is 2. The van der Waals surface area contributed by atoms with Crippen LogP contribution < -0.4 is 14.5 Å². The number of amides is 1. The minimum absolute atomic E-state index is 0.00498. The van der Waals surface area contributed by atoms with Gasteiger partial charge in [0, 0.05) is 19.8 Å². The topological polar surface area (TPSA) is 84.1 Å². The third-order valence-electron chi connectivity index (χ3n) is 4.76. The highest BCUT2D eigenvalue weighted by Crippen LogP contribution is 2.32. The van der Waals surface area contributed by atoms with Gasteiger partial charge >= 0.3 is 6.61 Å². The van der Waals surface area contributed by atoms with Crippen molar-refractivity contribution in [3.05, 3.63) is 71.5 Å². The van der Waals surface area contributed by atoms with Gasteiger partial charge in [-0.2, -0.15) is 13.8 Å². The van der Waals surface area contributed by atoms with Crippen molar-refractivity contribution < 1.29 is 22.8 Å². The molecular weight excluding hydrogens is 464 g/mol. The highest BCUT2D eigenvalue weighted by atomic mass is 32.2. The van der Waals surface area contributed by atoms with Gasteiger partial charge in [-0.15, -0.1) is 0 Å². The molecule has 2 heterocycles. The summed E-state index contributed by atoms with van der Waals surface area (Å²) in [6, 6.07) is 13.5. The Labute approximate surface area is 198 Å². The normalized spacial score (nSPS) is 14.8. The smallest absolute Gasteiger partial charge is 0.387 e. The number of hydrogen-bond donors (Lipinski definition) is 0. The number of hydrogen-bond acceptors (Lipinski definition) is 8. The van der Waals surface area contributed by atoms with E-state index in [1.165, 1.54) is 40.9 Å². The average Bonchev–Trinajstić information content (AvgIpc) is 3.35. The van der Waals surface area contributed by atoms with Crippen LogP contribution in [0.1, 0.15) is 17.3 Å². The summed E-state index contributed by atoms with van der Waals surface area (Å²) in [5.74, 6) is 0.863. The van der Waals surface area contributed by atoms with E-state index in [2.05, 4.69) is 19.9 Å². The van der Waals surface area contributed by atoms with Crippen LogP contribution in [0.15, 0.2) is 63.7 Å². The first kappa shape index (κ1) is 23.4. The molecule has 0 fully saturated rings. The number of carbonyl (C=O) groups excluding carboxylic acids is 1. The third kappa shape index (κ3) is 5.42. The molecule has 0 saturated carbocycles. The van der Waals surface area contributed by atoms with E-state index in [1.54, 1.807) is 13.0 Å². The molecule has 1 amide bonds. The summed E-state index contributed by atoms with van der Waals surface area (Å²) in [5, 5.41) is 4.17. The predicted molar refractivity (Wildman–Crippen MR) is 127 cm³/mol. The number of aromatic nitrogens is 2. The molecule has 2 aromatic carbocycles. The van der Waals surface area contributed by atoms with E-state index in [0.29, 0.717) is 28.3 Å². The van der Waals surface area contributed by atoms with Gasteiger partial charge in [0.2, 0.25) is 5.89 Å². The summed E-state index contributed by atoms with van der Waals surface area (Å²) in [5.41, 5.74) is 2.56. The number of nitrogens with zero attached hydrogens (tertiary/aromatic N) is 5. The highest BCUT2D eigenvalue weighted by Gasteiger charge is 2.32. The second kappa shape index (κ2) is 10.0. The Morgan fingerprint density at radius 2 is 1.85 bits per heavy atom. The summed E-state index contributed by atoms with van der Waals surface area (Å²) in [7, 11) is 3.89. The quantitative estimate of drug-likeness (QED) is 0.448. The predicted octanol–water partition coefficient (Wildman–Crippen LogP) is 4.72. The first-order valence-corrected chi connectivity index (χ1v) is 11.2. The van der Waals surface area contributed by atoms with Gasteiger partial charge < -0.3 is 14.2 Å². The summed E-state index contributed by atoms with van der Waals surface area (Å²) < 4.78 is 34.6. The molecule has 1 aliphatic heterocycles. The zero-order valence-electron chi connectivity index (χ0n) is 18.6. The SMILES string of the molecule is Cc1noc(CSC2=N/C(=C\c3ccc(N(C)C)cc3)C(=O)N2c2ccc(OC(F)F)cc2)n1. The fourth-order valence-electron chi connectivity index (χ4n) is 3.15. The molecule has 0 spiro atoms. The summed E-state index contributed by atoms with van der Waals surface area (Å²) in [6.07, 6.45) is 1.70. The van der Waals surface area contributed by atoms with Crippen LogP contribution in [0.25, 0.3) is 6.08 Å². The number of ether oxygens (including phenoxy) is 1. The van der Waals surface area contributed by atoms with Crippen molar-refractivity contribution in [3.63, 3.8) is 0 Å². The first-order valence-electron chi connectivity index (χ1n) is 10.2. The van der Waals surface area contributed by atoms with Crippen LogP contribution in [0.2, 0.25) is 0 Å². The molecule has 1 aromatic heterocycles. The second-order valence-electron chi connectivity index (χ2n) is 7.45. The molecule has 8 nitrogen and oxygen atoms in total. The molecule has 176 valence electrons. The molecular formula is C23H21F2N5O3S. The number of thioether (sulfide) groups is 1. The van der Waals surface area contributed by atoms with Crippen molar-refractivity contribution in [2.45, 2.75) is 19.3 Å². The lowest BCUT2D eigenvalue weighted by atomic mass is 10.1. The van der Waals surface area contributed by atoms with Crippen molar-refractivity contribution in [3.8, 4) is 5.75 Å². The number of amidine groups is 1. The Bertz CT molecular complexity index is 1220. The fourth-order valence-corrected chi connectivity index (χ4v) is 4.00. The van der Waals surface area contributed by atoms with E-state index in [0.717, 1.165) is 11.3 Å². The molecule has 1 aliphatic rings. The highest BCUT2D eigenvalue weighted by molar-refractivity contribution is 8.13. The first-order chi connectivity index (χ1) is 16.3. The number of aryl methyl sites for hydroxylation is 1. The molecule has 0 atom stereocenters. The summed E-state index contributed by atoms with van der Waals surface area (Å²) in [6.45, 7) is -1.22. The van der Waals surface area contributed by atoms with Crippen molar-refractivity contribution in [1.82, 2.24) is 10.1 Å². The number of carbonyl (C=O) groups is 1. The minimum atomic E-state index is -2.93. The van der Waals surface area contributed by atoms with E-state index in [4.69, 9.17) is 4.52 Å². The van der Waals surface area contributed by atoms with E-state index in [-0.39, 0.29) is 17.4 Å². The van der Waals surface area contributed by atoms with E-state index in [1.807, 2.05) is 43.3 Å². The van der Waals surface area contributed by atoms with E-state index < -0.39 is 6.61 Å². The van der Waals surface area contributed by atoms with Gasteiger partial charge in [-0.1, -0.05) is 29.1 Å². The maximum Gasteiger partial charge on any atom is 0.387 e. The molecule has 0 saturated heterocycles. The average molecular weight is 486 g/mol. The van der Waals surface area contributed by atoms with Gasteiger partial charge in [-0.3, -0.25) is 9.69 Å². The number of rotatable bonds is 7. The van der Waals surface area contributed by atoms with Crippen LogP contribution in [0, 0.1) is 6.92 Å². The minimum Gasteiger partial charge on any atom is -0.435 e. The number of benzene rings is 2. The third-order valence-corrected chi connectivity index (χ3v) is 5.68. The van der Waals surface area contributed by atoms with E-state index >= 15 is 0 Å². The Kier molecular flexibility index (Phi) is 6.92. The van der Waals surface area contributed by atoms with Crippen LogP contribution >= 0.6 is 11.8 Å². The van der Waals surface area contributed by atoms with Crippen LogP contribution in [0.3, 0.4) is 0 Å². The molecule has 0 radical (unpaired) electrons. The van der Waals surface area contributed by atoms with Gasteiger partial charge in [-0.25, -0.2) is 4.99 Å². The fraction of sp³-hybridized carbons (Fsp3) is 0.217. The second-order valence-corrected chi connectivity index (χ2v) is 8.39. The maximum absolute atomic E-state index is 13.3. The van der Waals surface area contributed by atoms with Crippen molar-refractivity contribution in [1.29, 1.82) is 0 Å². The zero-order chi connectivity index (χ0) is 24.2. The van der Waals surface area contributed by atoms with Gasteiger partial charge in [0.15, 0.2) is 11.0 Å². The summed E-state index contributed by atoms with van der Waals surface area (Å²) >= 11 is 1.25. The Morgan fingerprint density at radius 1 is 1.15 bits per heavy atom. The Hall–Kier alpha value is -3.73. The van der Waals surface area contributed by atoms with Crippen LogP contribution in [-0.2, 0) is 10.5 Å². The lowest BCUT2D eigenvalue weighted by molar-refractivity contribution is -0.113. The lowest BCUT2D eigenvalue weighted by Crippen LogP contribution is -2.30. The van der Waals surface area contributed by atoms with Gasteiger partial charge in [-0.05, 0) is 55.0 Å². The molecule has 11 heteroatoms. The van der Waals surface area contributed by atoms with Crippen molar-refractivity contribution in [2.75, 3.05) is 23.9 Å². The standard InChI is InChI=1S/C23H21F2N5O3S/c1-14-26-20(33-28-14)13-34-23-27-19(12-15-4-6-16(7-5-15)29(2)3)21(31)30(23)17-8-10-18(11-9-17)32-22(24)25/h4-12,22H,13H2,1-3H3/b19-12-. The van der Waals surface area contributed by atoms with Crippen molar-refractivity contribution in [2.24, 2.45) is 4.99 Å². The van der Waals surface area contributed by atoms with Gasteiger partial charge in [0.25, 0.3) is 5.91 Å². The van der Waals surface area contributed by atoms with Crippen LogP contribution in [0.5, 0.6) is 5.75 Å². The molecule has 0 aliphatic carbocycles.